The Kier molecular flexibility index (Phi) is 3.90. The van der Waals surface area contributed by atoms with Gasteiger partial charge in [0.15, 0.2) is 0 Å². The van der Waals surface area contributed by atoms with Crippen LogP contribution in [0.5, 0.6) is 0 Å². The summed E-state index contributed by atoms with van der Waals surface area (Å²) in [6.07, 6.45) is 6.42. The number of hydrogen-bond donors (Lipinski definition) is 0. The van der Waals surface area contributed by atoms with Crippen molar-refractivity contribution in [1.29, 1.82) is 0 Å². The Morgan fingerprint density at radius 3 is 2.59 bits per heavy atom. The molecule has 2 nitrogen and oxygen atoms in total. The number of aryl methyl sites for hydroxylation is 2. The van der Waals surface area contributed by atoms with Gasteiger partial charge in [0, 0.05) is 12.2 Å². The lowest BCUT2D eigenvalue weighted by atomic mass is 9.97. The van der Waals surface area contributed by atoms with Gasteiger partial charge in [0.1, 0.15) is 5.82 Å². The zero-order valence-electron chi connectivity index (χ0n) is 11.8. The zero-order valence-corrected chi connectivity index (χ0v) is 11.8. The average molecular weight is 234 g/mol. The maximum atomic E-state index is 4.75. The second kappa shape index (κ2) is 5.24. The summed E-state index contributed by atoms with van der Waals surface area (Å²) in [4.78, 5) is 4.75. The largest absolute Gasteiger partial charge is 0.332 e. The van der Waals surface area contributed by atoms with Crippen molar-refractivity contribution in [3.05, 3.63) is 17.2 Å². The maximum Gasteiger partial charge on any atom is 0.106 e. The fraction of sp³-hybridized carbons (Fsp3) is 0.800. The molecule has 0 bridgehead atoms. The molecule has 0 spiro atoms. The van der Waals surface area contributed by atoms with E-state index in [2.05, 4.69) is 32.3 Å². The highest BCUT2D eigenvalue weighted by Gasteiger charge is 2.19. The van der Waals surface area contributed by atoms with E-state index in [1.807, 2.05) is 0 Å². The SMILES string of the molecule is Cc1nc2c(n1CC(C)CC(C)C)CCCC2. The van der Waals surface area contributed by atoms with Gasteiger partial charge in [-0.1, -0.05) is 20.8 Å². The van der Waals surface area contributed by atoms with Gasteiger partial charge >= 0.3 is 0 Å². The summed E-state index contributed by atoms with van der Waals surface area (Å²) in [5.41, 5.74) is 2.91. The molecule has 0 aromatic carbocycles. The Morgan fingerprint density at radius 2 is 1.88 bits per heavy atom. The van der Waals surface area contributed by atoms with Gasteiger partial charge in [0.05, 0.1) is 5.69 Å². The van der Waals surface area contributed by atoms with E-state index in [0.717, 1.165) is 18.4 Å². The lowest BCUT2D eigenvalue weighted by Crippen LogP contribution is -2.15. The van der Waals surface area contributed by atoms with Gasteiger partial charge in [-0.25, -0.2) is 4.98 Å². The van der Waals surface area contributed by atoms with E-state index in [-0.39, 0.29) is 0 Å². The number of hydrogen-bond acceptors (Lipinski definition) is 1. The zero-order chi connectivity index (χ0) is 12.4. The maximum absolute atomic E-state index is 4.75. The Labute approximate surface area is 105 Å². The van der Waals surface area contributed by atoms with Crippen molar-refractivity contribution < 1.29 is 0 Å². The van der Waals surface area contributed by atoms with E-state index in [0.29, 0.717) is 0 Å². The van der Waals surface area contributed by atoms with E-state index >= 15 is 0 Å². The van der Waals surface area contributed by atoms with Gasteiger partial charge in [-0.15, -0.1) is 0 Å². The van der Waals surface area contributed by atoms with Crippen molar-refractivity contribution in [2.45, 2.75) is 66.3 Å². The van der Waals surface area contributed by atoms with Crippen molar-refractivity contribution in [2.24, 2.45) is 11.8 Å². The van der Waals surface area contributed by atoms with E-state index < -0.39 is 0 Å². The second-order valence-electron chi connectivity index (χ2n) is 6.10. The number of imidazole rings is 1. The van der Waals surface area contributed by atoms with Gasteiger partial charge in [0.25, 0.3) is 0 Å². The summed E-state index contributed by atoms with van der Waals surface area (Å²) in [7, 11) is 0. The molecule has 1 aromatic rings. The number of aromatic nitrogens is 2. The highest BCUT2D eigenvalue weighted by atomic mass is 15.1. The molecule has 0 radical (unpaired) electrons. The minimum atomic E-state index is 0.758. The Bertz CT molecular complexity index is 377. The summed E-state index contributed by atoms with van der Waals surface area (Å²) in [6, 6.07) is 0. The van der Waals surface area contributed by atoms with Crippen LogP contribution in [-0.4, -0.2) is 9.55 Å². The van der Waals surface area contributed by atoms with Crippen LogP contribution in [0, 0.1) is 18.8 Å². The first-order valence-corrected chi connectivity index (χ1v) is 7.12. The van der Waals surface area contributed by atoms with Gasteiger partial charge in [-0.2, -0.15) is 0 Å². The monoisotopic (exact) mass is 234 g/mol. The van der Waals surface area contributed by atoms with Crippen molar-refractivity contribution in [3.63, 3.8) is 0 Å². The molecule has 1 atom stereocenters. The van der Waals surface area contributed by atoms with Gasteiger partial charge < -0.3 is 4.57 Å². The quantitative estimate of drug-likeness (QED) is 0.775. The van der Waals surface area contributed by atoms with Crippen LogP contribution in [0.4, 0.5) is 0 Å². The molecule has 1 aliphatic carbocycles. The Balaban J connectivity index is 2.12. The van der Waals surface area contributed by atoms with E-state index in [4.69, 9.17) is 4.98 Å². The second-order valence-corrected chi connectivity index (χ2v) is 6.10. The fourth-order valence-corrected chi connectivity index (χ4v) is 3.17. The molecule has 1 aliphatic rings. The van der Waals surface area contributed by atoms with Gasteiger partial charge in [0.2, 0.25) is 0 Å². The molecule has 1 unspecified atom stereocenters. The molecule has 0 fully saturated rings. The molecule has 0 aliphatic heterocycles. The van der Waals surface area contributed by atoms with Crippen molar-refractivity contribution in [3.8, 4) is 0 Å². The van der Waals surface area contributed by atoms with E-state index in [1.54, 1.807) is 0 Å². The molecule has 0 saturated carbocycles. The first-order chi connectivity index (χ1) is 8.08. The standard InChI is InChI=1S/C15H26N2/c1-11(2)9-12(3)10-17-13(4)16-14-7-5-6-8-15(14)17/h11-12H,5-10H2,1-4H3. The summed E-state index contributed by atoms with van der Waals surface area (Å²) in [5, 5.41) is 0. The molecule has 0 N–H and O–H groups in total. The smallest absolute Gasteiger partial charge is 0.106 e. The molecular weight excluding hydrogens is 208 g/mol. The van der Waals surface area contributed by atoms with Crippen LogP contribution in [0.3, 0.4) is 0 Å². The van der Waals surface area contributed by atoms with Crippen LogP contribution in [0.15, 0.2) is 0 Å². The van der Waals surface area contributed by atoms with Crippen LogP contribution in [-0.2, 0) is 19.4 Å². The molecule has 1 heterocycles. The summed E-state index contributed by atoms with van der Waals surface area (Å²) in [6.45, 7) is 10.3. The predicted octanol–water partition coefficient (Wildman–Crippen LogP) is 3.75. The summed E-state index contributed by atoms with van der Waals surface area (Å²) >= 11 is 0. The molecule has 0 amide bonds. The van der Waals surface area contributed by atoms with Gasteiger partial charge in [-0.05, 0) is 50.9 Å². The summed E-state index contributed by atoms with van der Waals surface area (Å²) in [5.74, 6) is 2.78. The van der Waals surface area contributed by atoms with Crippen molar-refractivity contribution in [1.82, 2.24) is 9.55 Å². The topological polar surface area (TPSA) is 17.8 Å². The van der Waals surface area contributed by atoms with E-state index in [9.17, 15) is 0 Å². The average Bonchev–Trinajstić information content (AvgIpc) is 2.55. The van der Waals surface area contributed by atoms with E-state index in [1.165, 1.54) is 49.3 Å². The Morgan fingerprint density at radius 1 is 1.18 bits per heavy atom. The lowest BCUT2D eigenvalue weighted by molar-refractivity contribution is 0.380. The van der Waals surface area contributed by atoms with Crippen LogP contribution in [0.2, 0.25) is 0 Å². The van der Waals surface area contributed by atoms with Crippen LogP contribution < -0.4 is 0 Å². The molecule has 96 valence electrons. The lowest BCUT2D eigenvalue weighted by Gasteiger charge is -2.19. The number of fused-ring (bicyclic) bond motifs is 1. The van der Waals surface area contributed by atoms with Crippen molar-refractivity contribution in [2.75, 3.05) is 0 Å². The van der Waals surface area contributed by atoms with Crippen LogP contribution in [0.25, 0.3) is 0 Å². The molecule has 0 saturated heterocycles. The third kappa shape index (κ3) is 2.91. The molecule has 1 aromatic heterocycles. The normalized spacial score (nSPS) is 17.2. The third-order valence-corrected chi connectivity index (χ3v) is 3.79. The van der Waals surface area contributed by atoms with Crippen LogP contribution >= 0.6 is 0 Å². The molecular formula is C15H26N2. The number of nitrogens with zero attached hydrogens (tertiary/aromatic N) is 2. The van der Waals surface area contributed by atoms with Crippen LogP contribution in [0.1, 0.15) is 57.2 Å². The molecule has 2 heteroatoms. The van der Waals surface area contributed by atoms with Gasteiger partial charge in [-0.3, -0.25) is 0 Å². The first kappa shape index (κ1) is 12.7. The minimum absolute atomic E-state index is 0.758. The molecule has 17 heavy (non-hydrogen) atoms. The van der Waals surface area contributed by atoms with Crippen molar-refractivity contribution >= 4 is 0 Å². The summed E-state index contributed by atoms with van der Waals surface area (Å²) < 4.78 is 2.49. The molecule has 2 rings (SSSR count). The predicted molar refractivity (Wildman–Crippen MR) is 72.2 cm³/mol. The fourth-order valence-electron chi connectivity index (χ4n) is 3.17. The minimum Gasteiger partial charge on any atom is -0.332 e. The highest BCUT2D eigenvalue weighted by Crippen LogP contribution is 2.24. The Hall–Kier alpha value is -0.790. The highest BCUT2D eigenvalue weighted by molar-refractivity contribution is 5.19. The number of rotatable bonds is 4. The first-order valence-electron chi connectivity index (χ1n) is 7.12. The third-order valence-electron chi connectivity index (χ3n) is 3.79.